The van der Waals surface area contributed by atoms with Crippen molar-refractivity contribution in [3.63, 3.8) is 0 Å². The number of anilines is 1. The number of ether oxygens (including phenoxy) is 1. The number of rotatable bonds is 4. The van der Waals surface area contributed by atoms with Gasteiger partial charge in [-0.1, -0.05) is 6.07 Å². The minimum absolute atomic E-state index is 0.0779. The first kappa shape index (κ1) is 17.2. The van der Waals surface area contributed by atoms with Crippen molar-refractivity contribution >= 4 is 11.6 Å². The van der Waals surface area contributed by atoms with E-state index < -0.39 is 0 Å². The Morgan fingerprint density at radius 1 is 1.16 bits per heavy atom. The summed E-state index contributed by atoms with van der Waals surface area (Å²) in [5.74, 6) is 0.631. The molecule has 1 aliphatic rings. The Morgan fingerprint density at radius 2 is 1.92 bits per heavy atom. The number of amides is 1. The van der Waals surface area contributed by atoms with Crippen LogP contribution in [0.2, 0.25) is 0 Å². The van der Waals surface area contributed by atoms with Crippen LogP contribution < -0.4 is 9.64 Å². The summed E-state index contributed by atoms with van der Waals surface area (Å²) in [7, 11) is 3.95. The SMILES string of the molecule is Cc1ccc(OC2CCN(C(=O)c3cccc(N(C)C)c3)CC2)nn1. The van der Waals surface area contributed by atoms with Crippen LogP contribution in [0.1, 0.15) is 28.9 Å². The van der Waals surface area contributed by atoms with Crippen molar-refractivity contribution in [1.29, 1.82) is 0 Å². The minimum atomic E-state index is 0.0779. The second-order valence-electron chi connectivity index (χ2n) is 6.57. The first-order valence-electron chi connectivity index (χ1n) is 8.56. The van der Waals surface area contributed by atoms with Gasteiger partial charge in [-0.15, -0.1) is 5.10 Å². The van der Waals surface area contributed by atoms with Gasteiger partial charge in [0, 0.05) is 57.3 Å². The maximum absolute atomic E-state index is 12.7. The van der Waals surface area contributed by atoms with Crippen LogP contribution in [0.15, 0.2) is 36.4 Å². The zero-order valence-electron chi connectivity index (χ0n) is 15.0. The smallest absolute Gasteiger partial charge is 0.253 e. The molecule has 3 rings (SSSR count). The second-order valence-corrected chi connectivity index (χ2v) is 6.57. The van der Waals surface area contributed by atoms with Crippen molar-refractivity contribution < 1.29 is 9.53 Å². The lowest BCUT2D eigenvalue weighted by molar-refractivity contribution is 0.0586. The summed E-state index contributed by atoms with van der Waals surface area (Å²) in [6.45, 7) is 3.27. The Labute approximate surface area is 148 Å². The van der Waals surface area contributed by atoms with E-state index in [0.29, 0.717) is 19.0 Å². The van der Waals surface area contributed by atoms with E-state index >= 15 is 0 Å². The molecular weight excluding hydrogens is 316 g/mol. The Balaban J connectivity index is 1.57. The molecule has 0 N–H and O–H groups in total. The lowest BCUT2D eigenvalue weighted by Gasteiger charge is -2.32. The van der Waals surface area contributed by atoms with Crippen LogP contribution in [0.5, 0.6) is 5.88 Å². The van der Waals surface area contributed by atoms with Crippen LogP contribution in [-0.2, 0) is 0 Å². The number of aromatic nitrogens is 2. The van der Waals surface area contributed by atoms with Crippen LogP contribution >= 0.6 is 0 Å². The lowest BCUT2D eigenvalue weighted by Crippen LogP contribution is -2.41. The molecule has 132 valence electrons. The first-order chi connectivity index (χ1) is 12.0. The lowest BCUT2D eigenvalue weighted by atomic mass is 10.1. The fraction of sp³-hybridized carbons (Fsp3) is 0.421. The molecule has 6 heteroatoms. The molecule has 1 aliphatic heterocycles. The molecule has 1 aromatic heterocycles. The van der Waals surface area contributed by atoms with E-state index in [1.54, 1.807) is 0 Å². The molecule has 1 saturated heterocycles. The number of hydrogen-bond acceptors (Lipinski definition) is 5. The molecule has 0 spiro atoms. The monoisotopic (exact) mass is 340 g/mol. The van der Waals surface area contributed by atoms with E-state index in [9.17, 15) is 4.79 Å². The third-order valence-corrected chi connectivity index (χ3v) is 4.40. The molecule has 0 radical (unpaired) electrons. The summed E-state index contributed by atoms with van der Waals surface area (Å²) in [6.07, 6.45) is 1.68. The summed E-state index contributed by atoms with van der Waals surface area (Å²) in [6, 6.07) is 11.5. The number of likely N-dealkylation sites (tertiary alicyclic amines) is 1. The van der Waals surface area contributed by atoms with Gasteiger partial charge in [0.05, 0.1) is 5.69 Å². The van der Waals surface area contributed by atoms with Crippen molar-refractivity contribution in [1.82, 2.24) is 15.1 Å². The van der Waals surface area contributed by atoms with Crippen molar-refractivity contribution in [2.75, 3.05) is 32.1 Å². The molecule has 6 nitrogen and oxygen atoms in total. The summed E-state index contributed by atoms with van der Waals surface area (Å²) >= 11 is 0. The number of aryl methyl sites for hydroxylation is 1. The third-order valence-electron chi connectivity index (χ3n) is 4.40. The van der Waals surface area contributed by atoms with E-state index in [2.05, 4.69) is 10.2 Å². The van der Waals surface area contributed by atoms with Gasteiger partial charge in [-0.2, -0.15) is 5.10 Å². The zero-order valence-corrected chi connectivity index (χ0v) is 15.0. The molecule has 0 atom stereocenters. The molecule has 2 heterocycles. The molecule has 0 aliphatic carbocycles. The summed E-state index contributed by atoms with van der Waals surface area (Å²) in [5.41, 5.74) is 2.63. The van der Waals surface area contributed by atoms with E-state index in [4.69, 9.17) is 4.74 Å². The Bertz CT molecular complexity index is 722. The van der Waals surface area contributed by atoms with Crippen LogP contribution in [0, 0.1) is 6.92 Å². The minimum Gasteiger partial charge on any atom is -0.473 e. The van der Waals surface area contributed by atoms with Crippen molar-refractivity contribution in [2.24, 2.45) is 0 Å². The van der Waals surface area contributed by atoms with Crippen LogP contribution in [0.3, 0.4) is 0 Å². The number of hydrogen-bond donors (Lipinski definition) is 0. The van der Waals surface area contributed by atoms with E-state index in [-0.39, 0.29) is 12.0 Å². The van der Waals surface area contributed by atoms with Crippen LogP contribution in [-0.4, -0.2) is 54.3 Å². The standard InChI is InChI=1S/C19H24N4O2/c1-14-7-8-18(21-20-14)25-17-9-11-23(12-10-17)19(24)15-5-4-6-16(13-15)22(2)3/h4-8,13,17H,9-12H2,1-3H3. The molecule has 0 saturated carbocycles. The average molecular weight is 340 g/mol. The van der Waals surface area contributed by atoms with Gasteiger partial charge in [-0.05, 0) is 31.2 Å². The first-order valence-corrected chi connectivity index (χ1v) is 8.56. The number of piperidine rings is 1. The van der Waals surface area contributed by atoms with Gasteiger partial charge in [0.25, 0.3) is 5.91 Å². The summed E-state index contributed by atoms with van der Waals surface area (Å²) in [4.78, 5) is 16.6. The number of nitrogens with zero attached hydrogens (tertiary/aromatic N) is 4. The van der Waals surface area contributed by atoms with Gasteiger partial charge >= 0.3 is 0 Å². The molecular formula is C19H24N4O2. The fourth-order valence-corrected chi connectivity index (χ4v) is 2.90. The molecule has 2 aromatic rings. The summed E-state index contributed by atoms with van der Waals surface area (Å²) < 4.78 is 5.88. The maximum Gasteiger partial charge on any atom is 0.253 e. The normalized spacial score (nSPS) is 15.1. The van der Waals surface area contributed by atoms with Crippen molar-refractivity contribution in [3.8, 4) is 5.88 Å². The molecule has 25 heavy (non-hydrogen) atoms. The highest BCUT2D eigenvalue weighted by molar-refractivity contribution is 5.95. The number of carbonyl (C=O) groups excluding carboxylic acids is 1. The highest BCUT2D eigenvalue weighted by Crippen LogP contribution is 2.20. The van der Waals surface area contributed by atoms with E-state index in [1.165, 1.54) is 0 Å². The summed E-state index contributed by atoms with van der Waals surface area (Å²) in [5, 5.41) is 8.05. The van der Waals surface area contributed by atoms with Gasteiger partial charge in [-0.3, -0.25) is 4.79 Å². The Kier molecular flexibility index (Phi) is 5.16. The Hall–Kier alpha value is -2.63. The quantitative estimate of drug-likeness (QED) is 0.856. The number of carbonyl (C=O) groups is 1. The molecule has 1 amide bonds. The van der Waals surface area contributed by atoms with E-state index in [1.807, 2.05) is 67.2 Å². The van der Waals surface area contributed by atoms with E-state index in [0.717, 1.165) is 29.8 Å². The zero-order chi connectivity index (χ0) is 17.8. The molecule has 0 bridgehead atoms. The van der Waals surface area contributed by atoms with Gasteiger partial charge in [-0.25, -0.2) is 0 Å². The topological polar surface area (TPSA) is 58.6 Å². The highest BCUT2D eigenvalue weighted by atomic mass is 16.5. The van der Waals surface area contributed by atoms with Gasteiger partial charge in [0.2, 0.25) is 5.88 Å². The molecule has 1 aromatic carbocycles. The van der Waals surface area contributed by atoms with Gasteiger partial charge in [0.1, 0.15) is 6.10 Å². The molecule has 1 fully saturated rings. The average Bonchev–Trinajstić information content (AvgIpc) is 2.64. The second kappa shape index (κ2) is 7.51. The predicted molar refractivity (Wildman–Crippen MR) is 97.1 cm³/mol. The number of benzene rings is 1. The predicted octanol–water partition coefficient (Wildman–Crippen LogP) is 2.53. The largest absolute Gasteiger partial charge is 0.473 e. The van der Waals surface area contributed by atoms with Crippen LogP contribution in [0.4, 0.5) is 5.69 Å². The van der Waals surface area contributed by atoms with Gasteiger partial charge < -0.3 is 14.5 Å². The van der Waals surface area contributed by atoms with Crippen molar-refractivity contribution in [3.05, 3.63) is 47.7 Å². The fourth-order valence-electron chi connectivity index (χ4n) is 2.90. The Morgan fingerprint density at radius 3 is 2.56 bits per heavy atom. The van der Waals surface area contributed by atoms with Gasteiger partial charge in [0.15, 0.2) is 0 Å². The maximum atomic E-state index is 12.7. The van der Waals surface area contributed by atoms with Crippen molar-refractivity contribution in [2.45, 2.75) is 25.9 Å². The van der Waals surface area contributed by atoms with Crippen LogP contribution in [0.25, 0.3) is 0 Å². The third kappa shape index (κ3) is 4.26. The highest BCUT2D eigenvalue weighted by Gasteiger charge is 2.25. The molecule has 0 unspecified atom stereocenters.